The molecule has 0 aliphatic heterocycles. The van der Waals surface area contributed by atoms with Gasteiger partial charge >= 0.3 is 0 Å². The summed E-state index contributed by atoms with van der Waals surface area (Å²) in [6.07, 6.45) is 1.65. The molecule has 0 aliphatic rings. The third-order valence-electron chi connectivity index (χ3n) is 3.39. The molecule has 0 aliphatic carbocycles. The normalized spacial score (nSPS) is 14.0. The second-order valence-electron chi connectivity index (χ2n) is 4.17. The van der Waals surface area contributed by atoms with Crippen LogP contribution in [0.2, 0.25) is 0 Å². The smallest absolute Gasteiger partial charge is 0.0843 e. The zero-order chi connectivity index (χ0) is 10.6. The van der Waals surface area contributed by atoms with E-state index in [-0.39, 0.29) is 11.5 Å². The van der Waals surface area contributed by atoms with Gasteiger partial charge in [0, 0.05) is 0 Å². The summed E-state index contributed by atoms with van der Waals surface area (Å²) in [6.45, 7) is 6.41. The molecule has 0 heterocycles. The Balaban J connectivity index is 2.89. The van der Waals surface area contributed by atoms with Gasteiger partial charge in [0.25, 0.3) is 0 Å². The number of benzene rings is 1. The van der Waals surface area contributed by atoms with Crippen molar-refractivity contribution in [2.45, 2.75) is 39.7 Å². The zero-order valence-corrected chi connectivity index (χ0v) is 9.33. The number of hydrogen-bond acceptors (Lipinski definition) is 1. The summed E-state index contributed by atoms with van der Waals surface area (Å²) in [5.41, 5.74) is 1.03. The van der Waals surface area contributed by atoms with Gasteiger partial charge in [0.15, 0.2) is 0 Å². The second-order valence-corrected chi connectivity index (χ2v) is 4.17. The molecule has 1 unspecified atom stereocenters. The van der Waals surface area contributed by atoms with Gasteiger partial charge in [0.2, 0.25) is 0 Å². The monoisotopic (exact) mass is 192 g/mol. The third kappa shape index (κ3) is 2.16. The standard InChI is InChI=1S/C13H20O/c1-4-13(3,5-2)12(14)11-9-7-6-8-10-11/h6-10,12,14H,4-5H2,1-3H3. The van der Waals surface area contributed by atoms with Gasteiger partial charge in [-0.2, -0.15) is 0 Å². The second kappa shape index (κ2) is 4.61. The van der Waals surface area contributed by atoms with Crippen LogP contribution in [0.5, 0.6) is 0 Å². The molecule has 0 amide bonds. The fourth-order valence-electron chi connectivity index (χ4n) is 1.67. The lowest BCUT2D eigenvalue weighted by atomic mass is 9.76. The largest absolute Gasteiger partial charge is 0.388 e. The average molecular weight is 192 g/mol. The Bertz CT molecular complexity index is 262. The Hall–Kier alpha value is -0.820. The first kappa shape index (κ1) is 11.3. The van der Waals surface area contributed by atoms with Gasteiger partial charge in [-0.15, -0.1) is 0 Å². The molecule has 1 rings (SSSR count). The van der Waals surface area contributed by atoms with Crippen molar-refractivity contribution >= 4 is 0 Å². The first-order chi connectivity index (χ1) is 6.64. The minimum atomic E-state index is -0.348. The molecular weight excluding hydrogens is 172 g/mol. The maximum Gasteiger partial charge on any atom is 0.0843 e. The highest BCUT2D eigenvalue weighted by atomic mass is 16.3. The predicted molar refractivity (Wildman–Crippen MR) is 60.1 cm³/mol. The Morgan fingerprint density at radius 2 is 1.64 bits per heavy atom. The molecule has 1 aromatic rings. The Morgan fingerprint density at radius 1 is 1.14 bits per heavy atom. The zero-order valence-electron chi connectivity index (χ0n) is 9.33. The lowest BCUT2D eigenvalue weighted by Crippen LogP contribution is -2.23. The Morgan fingerprint density at radius 3 is 2.07 bits per heavy atom. The quantitative estimate of drug-likeness (QED) is 0.773. The van der Waals surface area contributed by atoms with E-state index >= 15 is 0 Å². The van der Waals surface area contributed by atoms with E-state index in [9.17, 15) is 5.11 Å². The van der Waals surface area contributed by atoms with E-state index in [1.807, 2.05) is 30.3 Å². The molecule has 0 fully saturated rings. The first-order valence-corrected chi connectivity index (χ1v) is 5.37. The lowest BCUT2D eigenvalue weighted by molar-refractivity contribution is 0.0298. The molecule has 0 bridgehead atoms. The topological polar surface area (TPSA) is 20.2 Å². The van der Waals surface area contributed by atoms with E-state index in [1.165, 1.54) is 0 Å². The van der Waals surface area contributed by atoms with Crippen molar-refractivity contribution in [3.63, 3.8) is 0 Å². The summed E-state index contributed by atoms with van der Waals surface area (Å²) in [5.74, 6) is 0. The van der Waals surface area contributed by atoms with Gasteiger partial charge in [-0.1, -0.05) is 51.1 Å². The van der Waals surface area contributed by atoms with Gasteiger partial charge < -0.3 is 5.11 Å². The summed E-state index contributed by atoms with van der Waals surface area (Å²) in [5, 5.41) is 10.2. The van der Waals surface area contributed by atoms with Gasteiger partial charge in [-0.25, -0.2) is 0 Å². The van der Waals surface area contributed by atoms with Crippen LogP contribution >= 0.6 is 0 Å². The van der Waals surface area contributed by atoms with Crippen LogP contribution in [0.15, 0.2) is 30.3 Å². The lowest BCUT2D eigenvalue weighted by Gasteiger charge is -2.32. The van der Waals surface area contributed by atoms with Crippen LogP contribution in [0.4, 0.5) is 0 Å². The van der Waals surface area contributed by atoms with Crippen molar-refractivity contribution in [3.8, 4) is 0 Å². The van der Waals surface area contributed by atoms with Crippen molar-refractivity contribution in [1.29, 1.82) is 0 Å². The van der Waals surface area contributed by atoms with Gasteiger partial charge in [0.1, 0.15) is 0 Å². The van der Waals surface area contributed by atoms with Crippen LogP contribution in [0.1, 0.15) is 45.3 Å². The van der Waals surface area contributed by atoms with Crippen LogP contribution in [0, 0.1) is 5.41 Å². The maximum absolute atomic E-state index is 10.2. The van der Waals surface area contributed by atoms with E-state index in [0.29, 0.717) is 0 Å². The molecule has 14 heavy (non-hydrogen) atoms. The molecule has 78 valence electrons. The molecule has 0 spiro atoms. The van der Waals surface area contributed by atoms with Crippen molar-refractivity contribution in [1.82, 2.24) is 0 Å². The molecule has 1 heteroatoms. The van der Waals surface area contributed by atoms with Crippen molar-refractivity contribution in [3.05, 3.63) is 35.9 Å². The minimum Gasteiger partial charge on any atom is -0.388 e. The first-order valence-electron chi connectivity index (χ1n) is 5.37. The van der Waals surface area contributed by atoms with Gasteiger partial charge in [-0.3, -0.25) is 0 Å². The highest BCUT2D eigenvalue weighted by Gasteiger charge is 2.30. The molecule has 1 aromatic carbocycles. The van der Waals surface area contributed by atoms with Crippen LogP contribution in [0.25, 0.3) is 0 Å². The summed E-state index contributed by atoms with van der Waals surface area (Å²) < 4.78 is 0. The van der Waals surface area contributed by atoms with Gasteiger partial charge in [0.05, 0.1) is 6.10 Å². The SMILES string of the molecule is CCC(C)(CC)C(O)c1ccccc1. The van der Waals surface area contributed by atoms with E-state index in [2.05, 4.69) is 20.8 Å². The van der Waals surface area contributed by atoms with Gasteiger partial charge in [-0.05, 0) is 23.8 Å². The Labute approximate surface area is 86.8 Å². The van der Waals surface area contributed by atoms with E-state index in [1.54, 1.807) is 0 Å². The van der Waals surface area contributed by atoms with Crippen LogP contribution in [-0.2, 0) is 0 Å². The summed E-state index contributed by atoms with van der Waals surface area (Å²) in [4.78, 5) is 0. The predicted octanol–water partition coefficient (Wildman–Crippen LogP) is 3.55. The fourth-order valence-corrected chi connectivity index (χ4v) is 1.67. The molecule has 0 radical (unpaired) electrons. The minimum absolute atomic E-state index is 0.00134. The summed E-state index contributed by atoms with van der Waals surface area (Å²) in [7, 11) is 0. The molecule has 1 nitrogen and oxygen atoms in total. The molecule has 1 N–H and O–H groups in total. The van der Waals surface area contributed by atoms with E-state index in [0.717, 1.165) is 18.4 Å². The molecule has 0 aromatic heterocycles. The van der Waals surface area contributed by atoms with Crippen molar-refractivity contribution < 1.29 is 5.11 Å². The summed E-state index contributed by atoms with van der Waals surface area (Å²) in [6, 6.07) is 9.92. The molecular formula is C13H20O. The van der Waals surface area contributed by atoms with E-state index < -0.39 is 0 Å². The van der Waals surface area contributed by atoms with Crippen LogP contribution in [-0.4, -0.2) is 5.11 Å². The molecule has 0 saturated carbocycles. The molecule has 1 atom stereocenters. The van der Waals surface area contributed by atoms with Crippen LogP contribution < -0.4 is 0 Å². The molecule has 0 saturated heterocycles. The number of rotatable bonds is 4. The van der Waals surface area contributed by atoms with Crippen molar-refractivity contribution in [2.75, 3.05) is 0 Å². The number of aliphatic hydroxyl groups excluding tert-OH is 1. The highest BCUT2D eigenvalue weighted by Crippen LogP contribution is 2.39. The maximum atomic E-state index is 10.2. The van der Waals surface area contributed by atoms with Crippen LogP contribution in [0.3, 0.4) is 0 Å². The average Bonchev–Trinajstić information content (AvgIpc) is 2.28. The fraction of sp³-hybridized carbons (Fsp3) is 0.538. The third-order valence-corrected chi connectivity index (χ3v) is 3.39. The van der Waals surface area contributed by atoms with Crippen molar-refractivity contribution in [2.24, 2.45) is 5.41 Å². The highest BCUT2D eigenvalue weighted by molar-refractivity contribution is 5.19. The van der Waals surface area contributed by atoms with E-state index in [4.69, 9.17) is 0 Å². The summed E-state index contributed by atoms with van der Waals surface area (Å²) >= 11 is 0. The Kier molecular flexibility index (Phi) is 3.70. The number of hydrogen-bond donors (Lipinski definition) is 1. The number of aliphatic hydroxyl groups is 1.